The Balaban J connectivity index is 1.61. The predicted molar refractivity (Wildman–Crippen MR) is 122 cm³/mol. The van der Waals surface area contributed by atoms with E-state index in [9.17, 15) is 9.59 Å². The van der Waals surface area contributed by atoms with Crippen LogP contribution in [0.25, 0.3) is 0 Å². The second kappa shape index (κ2) is 10.6. The summed E-state index contributed by atoms with van der Waals surface area (Å²) in [6.45, 7) is 6.74. The average Bonchev–Trinajstić information content (AvgIpc) is 3.18. The molecule has 0 atom stereocenters. The van der Waals surface area contributed by atoms with Crippen molar-refractivity contribution in [2.24, 2.45) is 12.0 Å². The van der Waals surface area contributed by atoms with Crippen LogP contribution in [0.15, 0.2) is 41.7 Å². The molecule has 166 valence electrons. The lowest BCUT2D eigenvalue weighted by molar-refractivity contribution is -0.120. The van der Waals surface area contributed by atoms with E-state index in [1.165, 1.54) is 0 Å². The second-order valence-corrected chi connectivity index (χ2v) is 7.50. The van der Waals surface area contributed by atoms with E-state index in [0.717, 1.165) is 35.9 Å². The number of aromatic nitrogens is 2. The van der Waals surface area contributed by atoms with Gasteiger partial charge in [-0.2, -0.15) is 5.10 Å². The lowest BCUT2D eigenvalue weighted by atomic mass is 10.2. The minimum Gasteiger partial charge on any atom is -0.356 e. The number of carbonyl (C=O) groups is 2. The van der Waals surface area contributed by atoms with Crippen LogP contribution in [0.1, 0.15) is 32.3 Å². The lowest BCUT2D eigenvalue weighted by Crippen LogP contribution is -2.55. The average molecular weight is 426 g/mol. The number of hydrogen-bond acceptors (Lipinski definition) is 4. The fraction of sp³-hybridized carbons (Fsp3) is 0.455. The van der Waals surface area contributed by atoms with Gasteiger partial charge in [-0.05, 0) is 31.0 Å². The first-order valence-corrected chi connectivity index (χ1v) is 10.7. The topological polar surface area (TPSA) is 94.9 Å². The number of guanidine groups is 1. The number of nitrogens with one attached hydrogen (secondary N) is 2. The second-order valence-electron chi connectivity index (χ2n) is 7.50. The highest BCUT2D eigenvalue weighted by Crippen LogP contribution is 2.16. The Labute approximate surface area is 183 Å². The van der Waals surface area contributed by atoms with E-state index in [-0.39, 0.29) is 18.4 Å². The zero-order valence-corrected chi connectivity index (χ0v) is 18.5. The molecule has 1 fully saturated rings. The number of nitrogens with zero attached hydrogens (tertiary/aromatic N) is 5. The number of anilines is 2. The Bertz CT molecular complexity index is 920. The molecule has 2 aromatic rings. The molecule has 9 nitrogen and oxygen atoms in total. The maximum Gasteiger partial charge on any atom is 0.246 e. The Kier molecular flexibility index (Phi) is 7.64. The molecule has 0 radical (unpaired) electrons. The smallest absolute Gasteiger partial charge is 0.246 e. The van der Waals surface area contributed by atoms with E-state index >= 15 is 0 Å². The molecule has 2 heterocycles. The zero-order valence-electron chi connectivity index (χ0n) is 18.5. The maximum absolute atomic E-state index is 12.7. The molecule has 31 heavy (non-hydrogen) atoms. The lowest BCUT2D eigenvalue weighted by Gasteiger charge is -2.35. The summed E-state index contributed by atoms with van der Waals surface area (Å²) in [5.41, 5.74) is 2.64. The fourth-order valence-electron chi connectivity index (χ4n) is 3.41. The van der Waals surface area contributed by atoms with E-state index in [4.69, 9.17) is 4.99 Å². The summed E-state index contributed by atoms with van der Waals surface area (Å²) in [4.78, 5) is 32.9. The quantitative estimate of drug-likeness (QED) is 0.522. The molecule has 0 aliphatic carbocycles. The van der Waals surface area contributed by atoms with Crippen LogP contribution in [0, 0.1) is 0 Å². The van der Waals surface area contributed by atoms with Gasteiger partial charge in [0.2, 0.25) is 11.8 Å². The van der Waals surface area contributed by atoms with Crippen LogP contribution < -0.4 is 15.5 Å². The molecular weight excluding hydrogens is 394 g/mol. The van der Waals surface area contributed by atoms with Crippen LogP contribution >= 0.6 is 0 Å². The molecule has 0 saturated carbocycles. The number of amides is 2. The molecule has 1 saturated heterocycles. The highest BCUT2D eigenvalue weighted by Gasteiger charge is 2.27. The first-order valence-electron chi connectivity index (χ1n) is 10.7. The van der Waals surface area contributed by atoms with Crippen LogP contribution in [0.2, 0.25) is 0 Å². The van der Waals surface area contributed by atoms with Gasteiger partial charge in [-0.3, -0.25) is 14.3 Å². The molecule has 1 aromatic carbocycles. The van der Waals surface area contributed by atoms with Gasteiger partial charge in [-0.15, -0.1) is 0 Å². The normalized spacial score (nSPS) is 14.7. The predicted octanol–water partition coefficient (Wildman–Crippen LogP) is 1.97. The van der Waals surface area contributed by atoms with Crippen LogP contribution in [0.4, 0.5) is 11.4 Å². The molecule has 0 spiro atoms. The number of rotatable bonds is 7. The van der Waals surface area contributed by atoms with Crippen molar-refractivity contribution in [3.8, 4) is 0 Å². The Morgan fingerprint density at radius 1 is 1.19 bits per heavy atom. The van der Waals surface area contributed by atoms with E-state index < -0.39 is 0 Å². The summed E-state index contributed by atoms with van der Waals surface area (Å²) < 4.78 is 1.70. The summed E-state index contributed by atoms with van der Waals surface area (Å²) in [5.74, 6) is 0.775. The van der Waals surface area contributed by atoms with Gasteiger partial charge in [0.05, 0.1) is 18.4 Å². The third kappa shape index (κ3) is 6.07. The molecule has 0 unspecified atom stereocenters. The number of aliphatic imine (C=N–C) groups is 1. The maximum atomic E-state index is 12.7. The first kappa shape index (κ1) is 22.3. The van der Waals surface area contributed by atoms with Crippen LogP contribution in [0.5, 0.6) is 0 Å². The zero-order chi connectivity index (χ0) is 22.2. The minimum atomic E-state index is 0.0250. The number of hydrogen-bond donors (Lipinski definition) is 2. The van der Waals surface area contributed by atoms with Crippen molar-refractivity contribution in [3.63, 3.8) is 0 Å². The highest BCUT2D eigenvalue weighted by atomic mass is 16.2. The SMILES string of the molecule is CCCC(=O)Nc1ccc(CN=C(NCC)N2CCN(c3cnn(C)c3)C(=O)C2)cc1. The van der Waals surface area contributed by atoms with Crippen LogP contribution in [-0.2, 0) is 23.2 Å². The van der Waals surface area contributed by atoms with Gasteiger partial charge in [0.1, 0.15) is 6.54 Å². The molecule has 1 aliphatic heterocycles. The molecule has 2 amide bonds. The van der Waals surface area contributed by atoms with E-state index in [2.05, 4.69) is 15.7 Å². The molecule has 9 heteroatoms. The third-order valence-corrected chi connectivity index (χ3v) is 4.98. The Morgan fingerprint density at radius 2 is 1.97 bits per heavy atom. The highest BCUT2D eigenvalue weighted by molar-refractivity contribution is 5.98. The third-order valence-electron chi connectivity index (χ3n) is 4.98. The van der Waals surface area contributed by atoms with Crippen molar-refractivity contribution < 1.29 is 9.59 Å². The molecule has 2 N–H and O–H groups in total. The molecular formula is C22H31N7O2. The largest absolute Gasteiger partial charge is 0.356 e. The van der Waals surface area contributed by atoms with Gasteiger partial charge in [-0.25, -0.2) is 4.99 Å². The number of piperazine rings is 1. The van der Waals surface area contributed by atoms with Crippen molar-refractivity contribution in [1.29, 1.82) is 0 Å². The van der Waals surface area contributed by atoms with Gasteiger partial charge in [0, 0.05) is 45.0 Å². The van der Waals surface area contributed by atoms with Crippen molar-refractivity contribution in [2.75, 3.05) is 36.4 Å². The molecule has 0 bridgehead atoms. The summed E-state index contributed by atoms with van der Waals surface area (Å²) in [7, 11) is 1.84. The van der Waals surface area contributed by atoms with Crippen LogP contribution in [-0.4, -0.2) is 58.6 Å². The van der Waals surface area contributed by atoms with E-state index in [0.29, 0.717) is 26.1 Å². The summed E-state index contributed by atoms with van der Waals surface area (Å²) >= 11 is 0. The standard InChI is InChI=1S/C22H31N7O2/c1-4-6-20(30)26-18-9-7-17(8-10-18)13-24-22(23-5-2)28-11-12-29(21(31)16-28)19-14-25-27(3)15-19/h7-10,14-15H,4-6,11-13,16H2,1-3H3,(H,23,24)(H,26,30). The summed E-state index contributed by atoms with van der Waals surface area (Å²) in [6, 6.07) is 7.70. The van der Waals surface area contributed by atoms with Gasteiger partial charge < -0.3 is 20.4 Å². The molecule has 1 aliphatic rings. The number of benzene rings is 1. The number of aryl methyl sites for hydroxylation is 1. The first-order chi connectivity index (χ1) is 15.0. The van der Waals surface area contributed by atoms with Gasteiger partial charge in [-0.1, -0.05) is 19.1 Å². The summed E-state index contributed by atoms with van der Waals surface area (Å²) in [6.07, 6.45) is 4.90. The number of carbonyl (C=O) groups excluding carboxylic acids is 2. The van der Waals surface area contributed by atoms with E-state index in [1.54, 1.807) is 15.8 Å². The van der Waals surface area contributed by atoms with Crippen LogP contribution in [0.3, 0.4) is 0 Å². The van der Waals surface area contributed by atoms with E-state index in [1.807, 2.05) is 56.3 Å². The monoisotopic (exact) mass is 425 g/mol. The van der Waals surface area contributed by atoms with Gasteiger partial charge in [0.25, 0.3) is 0 Å². The fourth-order valence-corrected chi connectivity index (χ4v) is 3.41. The van der Waals surface area contributed by atoms with Gasteiger partial charge >= 0.3 is 0 Å². The van der Waals surface area contributed by atoms with Crippen molar-refractivity contribution in [2.45, 2.75) is 33.2 Å². The summed E-state index contributed by atoms with van der Waals surface area (Å²) in [5, 5.41) is 10.3. The van der Waals surface area contributed by atoms with Gasteiger partial charge in [0.15, 0.2) is 5.96 Å². The van der Waals surface area contributed by atoms with Crippen molar-refractivity contribution >= 4 is 29.1 Å². The Morgan fingerprint density at radius 3 is 2.58 bits per heavy atom. The minimum absolute atomic E-state index is 0.0250. The molecule has 3 rings (SSSR count). The van der Waals surface area contributed by atoms with Crippen molar-refractivity contribution in [3.05, 3.63) is 42.2 Å². The Hall–Kier alpha value is -3.36. The van der Waals surface area contributed by atoms with Crippen molar-refractivity contribution in [1.82, 2.24) is 20.0 Å². The molecule has 1 aromatic heterocycles.